The van der Waals surface area contributed by atoms with Crippen LogP contribution in [-0.2, 0) is 9.47 Å². The van der Waals surface area contributed by atoms with Gasteiger partial charge >= 0.3 is 0 Å². The molecular formula is C14H25NO3. The van der Waals surface area contributed by atoms with E-state index in [1.807, 2.05) is 0 Å². The monoisotopic (exact) mass is 255 g/mol. The number of hydrogen-bond donors (Lipinski definition) is 2. The zero-order valence-corrected chi connectivity index (χ0v) is 11.1. The first-order valence-corrected chi connectivity index (χ1v) is 7.36. The van der Waals surface area contributed by atoms with Crippen molar-refractivity contribution in [3.05, 3.63) is 0 Å². The zero-order valence-electron chi connectivity index (χ0n) is 11.1. The summed E-state index contributed by atoms with van der Waals surface area (Å²) in [6, 6.07) is 0.621. The number of rotatable bonds is 8. The maximum Gasteiger partial charge on any atom is 0.0681 e. The van der Waals surface area contributed by atoms with Crippen LogP contribution in [0, 0.1) is 11.8 Å². The van der Waals surface area contributed by atoms with Gasteiger partial charge in [0.1, 0.15) is 0 Å². The Balaban J connectivity index is 1.48. The summed E-state index contributed by atoms with van der Waals surface area (Å²) in [6.45, 7) is 3.35. The lowest BCUT2D eigenvalue weighted by molar-refractivity contribution is 0.00747. The van der Waals surface area contributed by atoms with Gasteiger partial charge in [-0.05, 0) is 38.0 Å². The smallest absolute Gasteiger partial charge is 0.0681 e. The SMILES string of the molecule is OCC(COCC1CCOC1)(NC1CC1)C1CC1. The second-order valence-electron chi connectivity index (χ2n) is 6.25. The zero-order chi connectivity index (χ0) is 12.4. The van der Waals surface area contributed by atoms with Crippen molar-refractivity contribution >= 4 is 0 Å². The Morgan fingerprint density at radius 3 is 2.61 bits per heavy atom. The summed E-state index contributed by atoms with van der Waals surface area (Å²) in [7, 11) is 0. The molecule has 1 saturated heterocycles. The molecule has 18 heavy (non-hydrogen) atoms. The second kappa shape index (κ2) is 5.45. The highest BCUT2D eigenvalue weighted by molar-refractivity contribution is 5.04. The molecule has 2 atom stereocenters. The van der Waals surface area contributed by atoms with Gasteiger partial charge in [0, 0.05) is 18.6 Å². The van der Waals surface area contributed by atoms with Crippen LogP contribution in [-0.4, -0.2) is 49.7 Å². The van der Waals surface area contributed by atoms with E-state index < -0.39 is 0 Å². The molecule has 1 heterocycles. The van der Waals surface area contributed by atoms with Crippen LogP contribution in [0.2, 0.25) is 0 Å². The van der Waals surface area contributed by atoms with E-state index in [9.17, 15) is 5.11 Å². The van der Waals surface area contributed by atoms with E-state index in [1.165, 1.54) is 25.7 Å². The summed E-state index contributed by atoms with van der Waals surface area (Å²) in [5.41, 5.74) is -0.166. The van der Waals surface area contributed by atoms with Gasteiger partial charge in [0.15, 0.2) is 0 Å². The van der Waals surface area contributed by atoms with Crippen LogP contribution >= 0.6 is 0 Å². The van der Waals surface area contributed by atoms with Gasteiger partial charge in [-0.1, -0.05) is 0 Å². The summed E-state index contributed by atoms with van der Waals surface area (Å²) >= 11 is 0. The fourth-order valence-electron chi connectivity index (χ4n) is 2.89. The standard InChI is InChI=1S/C14H25NO3/c16-9-14(12-1-2-12,15-13-3-4-13)10-18-8-11-5-6-17-7-11/h11-13,15-16H,1-10H2. The largest absolute Gasteiger partial charge is 0.394 e. The number of aliphatic hydroxyl groups is 1. The molecule has 3 aliphatic rings. The molecule has 1 aliphatic heterocycles. The average Bonchev–Trinajstić information content (AvgIpc) is 3.29. The molecule has 3 fully saturated rings. The van der Waals surface area contributed by atoms with Crippen LogP contribution in [0.25, 0.3) is 0 Å². The minimum absolute atomic E-state index is 0.166. The number of nitrogens with one attached hydrogen (secondary N) is 1. The molecule has 4 nitrogen and oxygen atoms in total. The van der Waals surface area contributed by atoms with Gasteiger partial charge in [0.05, 0.1) is 32.0 Å². The first-order valence-electron chi connectivity index (χ1n) is 7.36. The Bertz CT molecular complexity index is 272. The Morgan fingerprint density at radius 2 is 2.06 bits per heavy atom. The minimum atomic E-state index is -0.166. The van der Waals surface area contributed by atoms with E-state index >= 15 is 0 Å². The molecule has 0 aromatic rings. The fraction of sp³-hybridized carbons (Fsp3) is 1.00. The summed E-state index contributed by atoms with van der Waals surface area (Å²) in [5.74, 6) is 1.17. The molecule has 2 saturated carbocycles. The van der Waals surface area contributed by atoms with E-state index in [0.29, 0.717) is 24.5 Å². The molecule has 2 unspecified atom stereocenters. The van der Waals surface area contributed by atoms with Gasteiger partial charge in [-0.3, -0.25) is 0 Å². The summed E-state index contributed by atoms with van der Waals surface area (Å²) < 4.78 is 11.3. The van der Waals surface area contributed by atoms with E-state index in [-0.39, 0.29) is 12.1 Å². The Morgan fingerprint density at radius 1 is 1.22 bits per heavy atom. The second-order valence-corrected chi connectivity index (χ2v) is 6.25. The normalized spacial score (nSPS) is 31.5. The maximum atomic E-state index is 9.79. The molecule has 0 aromatic carbocycles. The Hall–Kier alpha value is -0.160. The molecule has 3 rings (SSSR count). The lowest BCUT2D eigenvalue weighted by Gasteiger charge is -2.33. The molecule has 4 heteroatoms. The van der Waals surface area contributed by atoms with E-state index in [4.69, 9.17) is 9.47 Å². The highest BCUT2D eigenvalue weighted by Crippen LogP contribution is 2.41. The minimum Gasteiger partial charge on any atom is -0.394 e. The van der Waals surface area contributed by atoms with Gasteiger partial charge in [-0.2, -0.15) is 0 Å². The summed E-state index contributed by atoms with van der Waals surface area (Å²) in [5, 5.41) is 13.4. The van der Waals surface area contributed by atoms with Gasteiger partial charge in [-0.15, -0.1) is 0 Å². The van der Waals surface area contributed by atoms with E-state index in [0.717, 1.165) is 26.2 Å². The van der Waals surface area contributed by atoms with Gasteiger partial charge < -0.3 is 19.9 Å². The summed E-state index contributed by atoms with van der Waals surface area (Å²) in [4.78, 5) is 0. The predicted octanol–water partition coefficient (Wildman–Crippen LogP) is 0.933. The lowest BCUT2D eigenvalue weighted by atomic mass is 9.95. The average molecular weight is 255 g/mol. The van der Waals surface area contributed by atoms with Crippen molar-refractivity contribution in [3.63, 3.8) is 0 Å². The molecule has 104 valence electrons. The van der Waals surface area contributed by atoms with Gasteiger partial charge in [-0.25, -0.2) is 0 Å². The number of aliphatic hydroxyl groups excluding tert-OH is 1. The maximum absolute atomic E-state index is 9.79. The van der Waals surface area contributed by atoms with Gasteiger partial charge in [0.25, 0.3) is 0 Å². The molecule has 0 amide bonds. The third-order valence-electron chi connectivity index (χ3n) is 4.45. The predicted molar refractivity (Wildman–Crippen MR) is 68.4 cm³/mol. The van der Waals surface area contributed by atoms with Crippen LogP contribution < -0.4 is 5.32 Å². The van der Waals surface area contributed by atoms with Crippen LogP contribution in [0.3, 0.4) is 0 Å². The molecule has 2 N–H and O–H groups in total. The third-order valence-corrected chi connectivity index (χ3v) is 4.45. The summed E-state index contributed by atoms with van der Waals surface area (Å²) in [6.07, 6.45) is 6.09. The van der Waals surface area contributed by atoms with Crippen molar-refractivity contribution in [2.75, 3.05) is 33.0 Å². The van der Waals surface area contributed by atoms with Crippen molar-refractivity contribution in [2.24, 2.45) is 11.8 Å². The molecule has 0 radical (unpaired) electrons. The molecule has 0 spiro atoms. The van der Waals surface area contributed by atoms with Crippen molar-refractivity contribution in [2.45, 2.75) is 43.7 Å². The topological polar surface area (TPSA) is 50.7 Å². The third kappa shape index (κ3) is 3.05. The van der Waals surface area contributed by atoms with Crippen molar-refractivity contribution < 1.29 is 14.6 Å². The highest BCUT2D eigenvalue weighted by Gasteiger charge is 2.47. The van der Waals surface area contributed by atoms with Crippen LogP contribution in [0.4, 0.5) is 0 Å². The number of hydrogen-bond acceptors (Lipinski definition) is 4. The van der Waals surface area contributed by atoms with E-state index in [1.54, 1.807) is 0 Å². The molecular weight excluding hydrogens is 230 g/mol. The first-order chi connectivity index (χ1) is 8.82. The van der Waals surface area contributed by atoms with Crippen LogP contribution in [0.5, 0.6) is 0 Å². The van der Waals surface area contributed by atoms with E-state index in [2.05, 4.69) is 5.32 Å². The van der Waals surface area contributed by atoms with Gasteiger partial charge in [0.2, 0.25) is 0 Å². The fourth-order valence-corrected chi connectivity index (χ4v) is 2.89. The Labute approximate surface area is 109 Å². The first kappa shape index (κ1) is 12.9. The van der Waals surface area contributed by atoms with Crippen molar-refractivity contribution in [1.82, 2.24) is 5.32 Å². The van der Waals surface area contributed by atoms with Crippen molar-refractivity contribution in [1.29, 1.82) is 0 Å². The van der Waals surface area contributed by atoms with Crippen LogP contribution in [0.1, 0.15) is 32.1 Å². The van der Waals surface area contributed by atoms with Crippen molar-refractivity contribution in [3.8, 4) is 0 Å². The lowest BCUT2D eigenvalue weighted by Crippen LogP contribution is -2.55. The highest BCUT2D eigenvalue weighted by atomic mass is 16.5. The Kier molecular flexibility index (Phi) is 3.89. The number of ether oxygens (including phenoxy) is 2. The molecule has 2 aliphatic carbocycles. The van der Waals surface area contributed by atoms with Crippen LogP contribution in [0.15, 0.2) is 0 Å². The quantitative estimate of drug-likeness (QED) is 0.677. The molecule has 0 bridgehead atoms. The molecule has 0 aromatic heterocycles.